The fourth-order valence-corrected chi connectivity index (χ4v) is 4.13. The number of nitrogens with zero attached hydrogens (tertiary/aromatic N) is 1. The minimum absolute atomic E-state index is 0.0502. The van der Waals surface area contributed by atoms with E-state index in [1.165, 1.54) is 10.4 Å². The summed E-state index contributed by atoms with van der Waals surface area (Å²) in [6.45, 7) is 1.33. The Morgan fingerprint density at radius 2 is 2.19 bits per heavy atom. The van der Waals surface area contributed by atoms with Crippen molar-refractivity contribution in [2.75, 3.05) is 20.3 Å². The van der Waals surface area contributed by atoms with Gasteiger partial charge in [-0.25, -0.2) is 0 Å². The lowest BCUT2D eigenvalue weighted by Crippen LogP contribution is -2.26. The van der Waals surface area contributed by atoms with Crippen molar-refractivity contribution in [2.24, 2.45) is 0 Å². The molecule has 0 bridgehead atoms. The van der Waals surface area contributed by atoms with E-state index in [1.807, 2.05) is 29.1 Å². The molecule has 1 amide bonds. The summed E-state index contributed by atoms with van der Waals surface area (Å²) in [5.74, 6) is 0.0502. The molecular weight excluding hydrogens is 284 g/mol. The summed E-state index contributed by atoms with van der Waals surface area (Å²) in [6.07, 6.45) is 8.13. The van der Waals surface area contributed by atoms with Crippen LogP contribution in [0.3, 0.4) is 0 Å². The number of carbonyl (C=O) groups is 1. The molecule has 0 saturated carbocycles. The molecule has 3 rings (SSSR count). The average molecular weight is 304 g/mol. The van der Waals surface area contributed by atoms with E-state index >= 15 is 0 Å². The third kappa shape index (κ3) is 2.89. The molecule has 5 heteroatoms. The van der Waals surface area contributed by atoms with Crippen LogP contribution in [-0.4, -0.2) is 30.7 Å². The summed E-state index contributed by atoms with van der Waals surface area (Å²) in [5.41, 5.74) is 2.13. The Morgan fingerprint density at radius 1 is 1.38 bits per heavy atom. The topological polar surface area (TPSA) is 43.3 Å². The molecule has 0 radical (unpaired) electrons. The first-order valence-corrected chi connectivity index (χ1v) is 8.18. The second-order valence-corrected chi connectivity index (χ2v) is 6.31. The van der Waals surface area contributed by atoms with Gasteiger partial charge in [-0.05, 0) is 43.4 Å². The maximum atomic E-state index is 12.6. The smallest absolute Gasteiger partial charge is 0.254 e. The largest absolute Gasteiger partial charge is 0.385 e. The minimum atomic E-state index is 0.0502. The van der Waals surface area contributed by atoms with E-state index < -0.39 is 0 Å². The highest BCUT2D eigenvalue weighted by atomic mass is 32.1. The predicted molar refractivity (Wildman–Crippen MR) is 84.5 cm³/mol. The lowest BCUT2D eigenvalue weighted by Gasteiger charge is -2.09. The molecule has 2 heterocycles. The number of ether oxygens (including phenoxy) is 1. The second kappa shape index (κ2) is 6.45. The van der Waals surface area contributed by atoms with Gasteiger partial charge in [0.05, 0.1) is 5.56 Å². The summed E-state index contributed by atoms with van der Waals surface area (Å²) in [7, 11) is 1.68. The van der Waals surface area contributed by atoms with E-state index in [9.17, 15) is 4.79 Å². The second-order valence-electron chi connectivity index (χ2n) is 5.23. The van der Waals surface area contributed by atoms with Gasteiger partial charge in [0.25, 0.3) is 5.91 Å². The maximum absolute atomic E-state index is 12.6. The van der Waals surface area contributed by atoms with Crippen LogP contribution in [0.25, 0.3) is 5.00 Å². The number of methoxy groups -OCH3 is 1. The zero-order chi connectivity index (χ0) is 14.7. The zero-order valence-electron chi connectivity index (χ0n) is 12.2. The average Bonchev–Trinajstić information content (AvgIpc) is 3.16. The summed E-state index contributed by atoms with van der Waals surface area (Å²) >= 11 is 1.76. The monoisotopic (exact) mass is 304 g/mol. The van der Waals surface area contributed by atoms with E-state index in [0.717, 1.165) is 36.2 Å². The van der Waals surface area contributed by atoms with Crippen molar-refractivity contribution >= 4 is 17.2 Å². The SMILES string of the molecule is COCCCNC(=O)c1c(-n2cccc2)sc2c1CCC2. The lowest BCUT2D eigenvalue weighted by molar-refractivity contribution is 0.0948. The maximum Gasteiger partial charge on any atom is 0.254 e. The molecule has 1 aliphatic carbocycles. The van der Waals surface area contributed by atoms with Crippen LogP contribution >= 0.6 is 11.3 Å². The predicted octanol–water partition coefficient (Wildman–Crippen LogP) is 2.79. The molecule has 4 nitrogen and oxygen atoms in total. The number of aryl methyl sites for hydroxylation is 1. The van der Waals surface area contributed by atoms with Gasteiger partial charge in [-0.3, -0.25) is 4.79 Å². The van der Waals surface area contributed by atoms with Crippen molar-refractivity contribution in [3.05, 3.63) is 40.5 Å². The summed E-state index contributed by atoms with van der Waals surface area (Å²) in [4.78, 5) is 14.0. The molecule has 0 aliphatic heterocycles. The molecule has 0 spiro atoms. The van der Waals surface area contributed by atoms with Crippen LogP contribution in [-0.2, 0) is 17.6 Å². The molecule has 0 fully saturated rings. The number of thiophene rings is 1. The number of fused-ring (bicyclic) bond motifs is 1. The minimum Gasteiger partial charge on any atom is -0.385 e. The third-order valence-electron chi connectivity index (χ3n) is 3.78. The molecule has 0 atom stereocenters. The molecule has 21 heavy (non-hydrogen) atoms. The van der Waals surface area contributed by atoms with Crippen LogP contribution in [0.4, 0.5) is 0 Å². The Hall–Kier alpha value is -1.59. The fraction of sp³-hybridized carbons (Fsp3) is 0.438. The van der Waals surface area contributed by atoms with Crippen molar-refractivity contribution in [3.63, 3.8) is 0 Å². The molecule has 2 aromatic heterocycles. The van der Waals surface area contributed by atoms with Crippen LogP contribution in [0.5, 0.6) is 0 Å². The van der Waals surface area contributed by atoms with Crippen molar-refractivity contribution in [2.45, 2.75) is 25.7 Å². The highest BCUT2D eigenvalue weighted by Gasteiger charge is 2.26. The molecule has 1 N–H and O–H groups in total. The first-order chi connectivity index (χ1) is 10.3. The Balaban J connectivity index is 1.84. The highest BCUT2D eigenvalue weighted by Crippen LogP contribution is 2.37. The van der Waals surface area contributed by atoms with Gasteiger partial charge in [0.2, 0.25) is 0 Å². The van der Waals surface area contributed by atoms with E-state index in [2.05, 4.69) is 5.32 Å². The highest BCUT2D eigenvalue weighted by molar-refractivity contribution is 7.15. The van der Waals surface area contributed by atoms with E-state index in [1.54, 1.807) is 18.4 Å². The van der Waals surface area contributed by atoms with E-state index in [4.69, 9.17) is 4.74 Å². The molecule has 1 aliphatic rings. The van der Waals surface area contributed by atoms with Gasteiger partial charge in [0.1, 0.15) is 5.00 Å². The molecule has 0 unspecified atom stereocenters. The third-order valence-corrected chi connectivity index (χ3v) is 5.08. The number of hydrogen-bond acceptors (Lipinski definition) is 3. The Kier molecular flexibility index (Phi) is 4.41. The normalized spacial score (nSPS) is 13.4. The van der Waals surface area contributed by atoms with Crippen LogP contribution in [0.2, 0.25) is 0 Å². The van der Waals surface area contributed by atoms with Gasteiger partial charge in [-0.15, -0.1) is 11.3 Å². The standard InChI is InChI=1S/C16H20N2O2S/c1-20-11-5-8-17-15(19)14-12-6-4-7-13(12)21-16(14)18-9-2-3-10-18/h2-3,9-10H,4-8,11H2,1H3,(H,17,19). The van der Waals surface area contributed by atoms with E-state index in [-0.39, 0.29) is 5.91 Å². The van der Waals surface area contributed by atoms with Crippen LogP contribution in [0.1, 0.15) is 33.6 Å². The number of nitrogens with one attached hydrogen (secondary N) is 1. The van der Waals surface area contributed by atoms with Crippen molar-refractivity contribution in [1.82, 2.24) is 9.88 Å². The quantitative estimate of drug-likeness (QED) is 0.834. The first-order valence-electron chi connectivity index (χ1n) is 7.36. The van der Waals surface area contributed by atoms with Gasteiger partial charge in [0, 0.05) is 37.5 Å². The molecule has 2 aromatic rings. The number of amides is 1. The van der Waals surface area contributed by atoms with Gasteiger partial charge in [0.15, 0.2) is 0 Å². The Bertz CT molecular complexity index is 617. The van der Waals surface area contributed by atoms with Crippen LogP contribution < -0.4 is 5.32 Å². The van der Waals surface area contributed by atoms with Crippen LogP contribution in [0, 0.1) is 0 Å². The van der Waals surface area contributed by atoms with Crippen molar-refractivity contribution in [1.29, 1.82) is 0 Å². The first kappa shape index (κ1) is 14.4. The van der Waals surface area contributed by atoms with Gasteiger partial charge < -0.3 is 14.6 Å². The Labute approximate surface area is 128 Å². The van der Waals surface area contributed by atoms with Gasteiger partial charge in [-0.2, -0.15) is 0 Å². The summed E-state index contributed by atoms with van der Waals surface area (Å²) in [6, 6.07) is 3.98. The number of carbonyl (C=O) groups excluding carboxylic acids is 1. The van der Waals surface area contributed by atoms with Crippen molar-refractivity contribution in [3.8, 4) is 5.00 Å². The van der Waals surface area contributed by atoms with E-state index in [0.29, 0.717) is 13.2 Å². The lowest BCUT2D eigenvalue weighted by atomic mass is 10.1. The summed E-state index contributed by atoms with van der Waals surface area (Å²) < 4.78 is 7.07. The fourth-order valence-electron chi connectivity index (χ4n) is 2.78. The summed E-state index contributed by atoms with van der Waals surface area (Å²) in [5, 5.41) is 4.08. The molecule has 0 saturated heterocycles. The number of aromatic nitrogens is 1. The van der Waals surface area contributed by atoms with Gasteiger partial charge >= 0.3 is 0 Å². The number of hydrogen-bond donors (Lipinski definition) is 1. The zero-order valence-corrected chi connectivity index (χ0v) is 13.0. The Morgan fingerprint density at radius 3 is 2.95 bits per heavy atom. The molecular formula is C16H20N2O2S. The van der Waals surface area contributed by atoms with Gasteiger partial charge in [-0.1, -0.05) is 0 Å². The molecule has 112 valence electrons. The molecule has 0 aromatic carbocycles. The van der Waals surface area contributed by atoms with Crippen molar-refractivity contribution < 1.29 is 9.53 Å². The van der Waals surface area contributed by atoms with Crippen LogP contribution in [0.15, 0.2) is 24.5 Å². The number of rotatable bonds is 6.